The van der Waals surface area contributed by atoms with Crippen LogP contribution in [0, 0.1) is 0 Å². The molecule has 0 saturated heterocycles. The Balaban J connectivity index is 2.79. The van der Waals surface area contributed by atoms with Crippen molar-refractivity contribution in [1.29, 1.82) is 0 Å². The van der Waals surface area contributed by atoms with E-state index in [1.807, 2.05) is 6.07 Å². The van der Waals surface area contributed by atoms with Crippen molar-refractivity contribution in [2.75, 3.05) is 0 Å². The standard InChI is InChI=1S/C11H9NO2/c12-6-5-8-7-10(13)9-3-1-2-4-11(9)14-8/h1-7H,12H2. The molecule has 0 radical (unpaired) electrons. The minimum atomic E-state index is -0.0556. The van der Waals surface area contributed by atoms with Crippen molar-refractivity contribution < 1.29 is 4.42 Å². The first kappa shape index (κ1) is 8.56. The molecular weight excluding hydrogens is 178 g/mol. The fourth-order valence-electron chi connectivity index (χ4n) is 1.30. The van der Waals surface area contributed by atoms with Crippen molar-refractivity contribution in [2.45, 2.75) is 0 Å². The zero-order valence-corrected chi connectivity index (χ0v) is 7.44. The van der Waals surface area contributed by atoms with Gasteiger partial charge in [-0.3, -0.25) is 4.79 Å². The largest absolute Gasteiger partial charge is 0.456 e. The molecule has 14 heavy (non-hydrogen) atoms. The SMILES string of the molecule is NC=Cc1cc(=O)c2ccccc2o1. The lowest BCUT2D eigenvalue weighted by Crippen LogP contribution is -1.99. The Morgan fingerprint density at radius 3 is 2.86 bits per heavy atom. The van der Waals surface area contributed by atoms with Crippen LogP contribution in [0.2, 0.25) is 0 Å². The molecule has 2 N–H and O–H groups in total. The van der Waals surface area contributed by atoms with Crippen molar-refractivity contribution in [1.82, 2.24) is 0 Å². The molecule has 0 unspecified atom stereocenters. The van der Waals surface area contributed by atoms with E-state index in [1.54, 1.807) is 24.3 Å². The number of para-hydroxylation sites is 1. The van der Waals surface area contributed by atoms with Gasteiger partial charge in [0.25, 0.3) is 0 Å². The van der Waals surface area contributed by atoms with E-state index >= 15 is 0 Å². The quantitative estimate of drug-likeness (QED) is 0.739. The van der Waals surface area contributed by atoms with Gasteiger partial charge in [0.05, 0.1) is 5.39 Å². The van der Waals surface area contributed by atoms with E-state index in [-0.39, 0.29) is 5.43 Å². The summed E-state index contributed by atoms with van der Waals surface area (Å²) in [6, 6.07) is 8.53. The van der Waals surface area contributed by atoms with E-state index in [9.17, 15) is 4.79 Å². The number of hydrogen-bond acceptors (Lipinski definition) is 3. The van der Waals surface area contributed by atoms with Crippen LogP contribution in [0.3, 0.4) is 0 Å². The maximum atomic E-state index is 11.5. The van der Waals surface area contributed by atoms with Crippen LogP contribution in [-0.2, 0) is 0 Å². The predicted molar refractivity (Wildman–Crippen MR) is 55.7 cm³/mol. The lowest BCUT2D eigenvalue weighted by Gasteiger charge is -1.97. The Bertz CT molecular complexity index is 540. The highest BCUT2D eigenvalue weighted by molar-refractivity contribution is 5.76. The first-order valence-corrected chi connectivity index (χ1v) is 4.22. The normalized spacial score (nSPS) is 11.1. The molecule has 0 fully saturated rings. The van der Waals surface area contributed by atoms with E-state index in [4.69, 9.17) is 10.2 Å². The fourth-order valence-corrected chi connectivity index (χ4v) is 1.30. The smallest absolute Gasteiger partial charge is 0.193 e. The summed E-state index contributed by atoms with van der Waals surface area (Å²) in [5.41, 5.74) is 5.73. The Morgan fingerprint density at radius 1 is 1.29 bits per heavy atom. The molecular formula is C11H9NO2. The van der Waals surface area contributed by atoms with Gasteiger partial charge < -0.3 is 10.2 Å². The summed E-state index contributed by atoms with van der Waals surface area (Å²) in [6.45, 7) is 0. The number of fused-ring (bicyclic) bond motifs is 1. The minimum absolute atomic E-state index is 0.0556. The molecule has 0 spiro atoms. The van der Waals surface area contributed by atoms with Gasteiger partial charge in [-0.1, -0.05) is 12.1 Å². The van der Waals surface area contributed by atoms with Crippen LogP contribution >= 0.6 is 0 Å². The highest BCUT2D eigenvalue weighted by Gasteiger charge is 2.00. The Hall–Kier alpha value is -2.03. The predicted octanol–water partition coefficient (Wildman–Crippen LogP) is 1.72. The average Bonchev–Trinajstić information content (AvgIpc) is 2.18. The zero-order valence-electron chi connectivity index (χ0n) is 7.44. The Morgan fingerprint density at radius 2 is 2.07 bits per heavy atom. The van der Waals surface area contributed by atoms with Gasteiger partial charge in [0.2, 0.25) is 0 Å². The van der Waals surface area contributed by atoms with Crippen LogP contribution in [0.25, 0.3) is 17.0 Å². The molecule has 0 bridgehead atoms. The molecule has 2 rings (SSSR count). The van der Waals surface area contributed by atoms with Crippen LogP contribution in [0.15, 0.2) is 45.7 Å². The summed E-state index contributed by atoms with van der Waals surface area (Å²) in [6.07, 6.45) is 2.89. The third kappa shape index (κ3) is 1.40. The van der Waals surface area contributed by atoms with Gasteiger partial charge in [0.15, 0.2) is 5.43 Å². The average molecular weight is 187 g/mol. The van der Waals surface area contributed by atoms with Crippen LogP contribution in [0.4, 0.5) is 0 Å². The molecule has 0 aliphatic carbocycles. The summed E-state index contributed by atoms with van der Waals surface area (Å²) in [7, 11) is 0. The van der Waals surface area contributed by atoms with E-state index in [0.717, 1.165) is 0 Å². The van der Waals surface area contributed by atoms with Crippen LogP contribution in [0.1, 0.15) is 5.76 Å². The second-order valence-corrected chi connectivity index (χ2v) is 2.87. The summed E-state index contributed by atoms with van der Waals surface area (Å²) in [4.78, 5) is 11.5. The van der Waals surface area contributed by atoms with E-state index in [1.165, 1.54) is 12.3 Å². The molecule has 2 aromatic rings. The van der Waals surface area contributed by atoms with Gasteiger partial charge in [0, 0.05) is 6.07 Å². The summed E-state index contributed by atoms with van der Waals surface area (Å²) < 4.78 is 5.42. The minimum Gasteiger partial charge on any atom is -0.456 e. The van der Waals surface area contributed by atoms with Gasteiger partial charge in [-0.2, -0.15) is 0 Å². The Kier molecular flexibility index (Phi) is 2.07. The van der Waals surface area contributed by atoms with Crippen molar-refractivity contribution in [3.63, 3.8) is 0 Å². The lowest BCUT2D eigenvalue weighted by atomic mass is 10.2. The van der Waals surface area contributed by atoms with Gasteiger partial charge in [-0.25, -0.2) is 0 Å². The second-order valence-electron chi connectivity index (χ2n) is 2.87. The molecule has 3 heteroatoms. The van der Waals surface area contributed by atoms with Crippen molar-refractivity contribution in [3.05, 3.63) is 52.5 Å². The number of benzene rings is 1. The molecule has 70 valence electrons. The van der Waals surface area contributed by atoms with Crippen molar-refractivity contribution in [3.8, 4) is 0 Å². The molecule has 0 atom stereocenters. The molecule has 1 heterocycles. The molecule has 0 aliphatic rings. The van der Waals surface area contributed by atoms with E-state index in [2.05, 4.69) is 0 Å². The molecule has 3 nitrogen and oxygen atoms in total. The molecule has 1 aromatic heterocycles. The molecule has 1 aromatic carbocycles. The number of hydrogen-bond donors (Lipinski definition) is 1. The van der Waals surface area contributed by atoms with Crippen molar-refractivity contribution >= 4 is 17.0 Å². The monoisotopic (exact) mass is 187 g/mol. The van der Waals surface area contributed by atoms with E-state index < -0.39 is 0 Å². The zero-order chi connectivity index (χ0) is 9.97. The van der Waals surface area contributed by atoms with Crippen LogP contribution in [-0.4, -0.2) is 0 Å². The van der Waals surface area contributed by atoms with Crippen LogP contribution < -0.4 is 11.2 Å². The van der Waals surface area contributed by atoms with Gasteiger partial charge in [-0.05, 0) is 24.4 Å². The third-order valence-electron chi connectivity index (χ3n) is 1.91. The maximum Gasteiger partial charge on any atom is 0.193 e. The number of nitrogens with two attached hydrogens (primary N) is 1. The van der Waals surface area contributed by atoms with Gasteiger partial charge >= 0.3 is 0 Å². The van der Waals surface area contributed by atoms with Gasteiger partial charge in [0.1, 0.15) is 11.3 Å². The second kappa shape index (κ2) is 3.38. The molecule has 0 aliphatic heterocycles. The molecule has 0 amide bonds. The highest BCUT2D eigenvalue weighted by Crippen LogP contribution is 2.11. The van der Waals surface area contributed by atoms with Crippen molar-refractivity contribution in [2.24, 2.45) is 5.73 Å². The first-order chi connectivity index (χ1) is 6.81. The summed E-state index contributed by atoms with van der Waals surface area (Å²) in [5.74, 6) is 0.469. The van der Waals surface area contributed by atoms with E-state index in [0.29, 0.717) is 16.7 Å². The molecule has 0 saturated carbocycles. The summed E-state index contributed by atoms with van der Waals surface area (Å²) in [5, 5.41) is 0.585. The fraction of sp³-hybridized carbons (Fsp3) is 0. The first-order valence-electron chi connectivity index (χ1n) is 4.22. The highest BCUT2D eigenvalue weighted by atomic mass is 16.3. The van der Waals surface area contributed by atoms with Crippen LogP contribution in [0.5, 0.6) is 0 Å². The lowest BCUT2D eigenvalue weighted by molar-refractivity contribution is 0.590. The summed E-state index contributed by atoms with van der Waals surface area (Å²) >= 11 is 0. The number of rotatable bonds is 1. The maximum absolute atomic E-state index is 11.5. The Labute approximate surface area is 80.5 Å². The topological polar surface area (TPSA) is 56.2 Å². The third-order valence-corrected chi connectivity index (χ3v) is 1.91. The van der Waals surface area contributed by atoms with Gasteiger partial charge in [-0.15, -0.1) is 0 Å².